The van der Waals surface area contributed by atoms with Gasteiger partial charge in [-0.05, 0) is 17.7 Å². The van der Waals surface area contributed by atoms with E-state index in [1.165, 1.54) is 11.3 Å². The molecule has 0 unspecified atom stereocenters. The molecule has 0 amide bonds. The minimum absolute atomic E-state index is 0.0386. The minimum Gasteiger partial charge on any atom is -0.481 e. The second-order valence-electron chi connectivity index (χ2n) is 5.88. The van der Waals surface area contributed by atoms with Crippen LogP contribution in [-0.2, 0) is 16.0 Å². The molecule has 1 atom stereocenters. The highest BCUT2D eigenvalue weighted by Crippen LogP contribution is 2.27. The van der Waals surface area contributed by atoms with Crippen molar-refractivity contribution in [1.82, 2.24) is 4.98 Å². The third kappa shape index (κ3) is 4.65. The highest BCUT2D eigenvalue weighted by molar-refractivity contribution is 9.10. The Balaban J connectivity index is 1.69. The average molecular weight is 430 g/mol. The van der Waals surface area contributed by atoms with Gasteiger partial charge in [0.15, 0.2) is 0 Å². The molecule has 0 aliphatic carbocycles. The molecule has 0 fully saturated rings. The van der Waals surface area contributed by atoms with Gasteiger partial charge in [0.1, 0.15) is 10.8 Å². The van der Waals surface area contributed by atoms with E-state index in [0.29, 0.717) is 11.3 Å². The quantitative estimate of drug-likeness (QED) is 0.577. The molecule has 3 rings (SSSR count). The predicted molar refractivity (Wildman–Crippen MR) is 105 cm³/mol. The van der Waals surface area contributed by atoms with Crippen molar-refractivity contribution in [2.75, 3.05) is 0 Å². The first-order chi connectivity index (χ1) is 12.5. The van der Waals surface area contributed by atoms with Crippen LogP contribution >= 0.6 is 27.3 Å². The summed E-state index contributed by atoms with van der Waals surface area (Å²) in [6.07, 6.45) is 0.101. The molecule has 0 aliphatic rings. The number of halogens is 1. The largest absolute Gasteiger partial charge is 0.481 e. The fraction of sp³-hybridized carbons (Fsp3) is 0.150. The number of carbonyl (C=O) groups excluding carboxylic acids is 1. The number of ketones is 1. The van der Waals surface area contributed by atoms with Gasteiger partial charge in [-0.3, -0.25) is 9.59 Å². The maximum absolute atomic E-state index is 12.4. The van der Waals surface area contributed by atoms with Crippen LogP contribution in [0, 0.1) is 0 Å². The number of benzene rings is 2. The van der Waals surface area contributed by atoms with Crippen molar-refractivity contribution in [1.29, 1.82) is 0 Å². The van der Waals surface area contributed by atoms with Crippen LogP contribution in [0.4, 0.5) is 0 Å². The molecular weight excluding hydrogens is 414 g/mol. The van der Waals surface area contributed by atoms with E-state index in [-0.39, 0.29) is 18.6 Å². The second-order valence-corrected chi connectivity index (χ2v) is 7.65. The average Bonchev–Trinajstić information content (AvgIpc) is 3.08. The molecule has 4 nitrogen and oxygen atoms in total. The third-order valence-electron chi connectivity index (χ3n) is 3.93. The van der Waals surface area contributed by atoms with E-state index < -0.39 is 11.9 Å². The molecule has 1 N–H and O–H groups in total. The summed E-state index contributed by atoms with van der Waals surface area (Å²) >= 11 is 4.91. The lowest BCUT2D eigenvalue weighted by Crippen LogP contribution is -2.17. The Morgan fingerprint density at radius 3 is 2.58 bits per heavy atom. The smallest absolute Gasteiger partial charge is 0.311 e. The maximum Gasteiger partial charge on any atom is 0.311 e. The van der Waals surface area contributed by atoms with Gasteiger partial charge >= 0.3 is 5.97 Å². The molecule has 0 spiro atoms. The van der Waals surface area contributed by atoms with E-state index in [4.69, 9.17) is 0 Å². The summed E-state index contributed by atoms with van der Waals surface area (Å²) in [7, 11) is 0. The van der Waals surface area contributed by atoms with Crippen molar-refractivity contribution >= 4 is 39.0 Å². The summed E-state index contributed by atoms with van der Waals surface area (Å²) < 4.78 is 0.968. The molecule has 0 aliphatic heterocycles. The van der Waals surface area contributed by atoms with Crippen molar-refractivity contribution in [3.05, 3.63) is 75.7 Å². The lowest BCUT2D eigenvalue weighted by Gasteiger charge is -2.11. The summed E-state index contributed by atoms with van der Waals surface area (Å²) in [6.45, 7) is 0. The first kappa shape index (κ1) is 18.5. The summed E-state index contributed by atoms with van der Waals surface area (Å²) in [4.78, 5) is 28.4. The topological polar surface area (TPSA) is 67.3 Å². The van der Waals surface area contributed by atoms with Gasteiger partial charge in [0.25, 0.3) is 0 Å². The number of carboxylic acid groups (broad SMARTS) is 1. The lowest BCUT2D eigenvalue weighted by atomic mass is 9.93. The van der Waals surface area contributed by atoms with Crippen molar-refractivity contribution in [3.63, 3.8) is 0 Å². The molecule has 0 radical (unpaired) electrons. The van der Waals surface area contributed by atoms with E-state index in [2.05, 4.69) is 20.9 Å². The highest BCUT2D eigenvalue weighted by Gasteiger charge is 2.23. The van der Waals surface area contributed by atoms with Gasteiger partial charge in [0.2, 0.25) is 0 Å². The molecule has 0 bridgehead atoms. The molecule has 3 aromatic rings. The zero-order chi connectivity index (χ0) is 18.5. The lowest BCUT2D eigenvalue weighted by molar-refractivity contribution is -0.140. The molecule has 0 saturated carbocycles. The van der Waals surface area contributed by atoms with E-state index in [1.807, 2.05) is 35.7 Å². The molecule has 0 saturated heterocycles. The molecule has 1 heterocycles. The number of thiazole rings is 1. The molecule has 6 heteroatoms. The van der Waals surface area contributed by atoms with E-state index in [9.17, 15) is 14.7 Å². The fourth-order valence-corrected chi connectivity index (χ4v) is 3.89. The number of nitrogens with zero attached hydrogens (tertiary/aromatic N) is 1. The van der Waals surface area contributed by atoms with Gasteiger partial charge in [0.05, 0.1) is 11.6 Å². The van der Waals surface area contributed by atoms with Gasteiger partial charge in [0, 0.05) is 28.3 Å². The van der Waals surface area contributed by atoms with Gasteiger partial charge in [-0.25, -0.2) is 4.98 Å². The fourth-order valence-electron chi connectivity index (χ4n) is 2.68. The number of carboxylic acids is 1. The number of Topliss-reactive ketones (excluding diaryl/α,β-unsaturated/α-hetero) is 1. The van der Waals surface area contributed by atoms with Crippen molar-refractivity contribution in [2.45, 2.75) is 18.8 Å². The molecule has 2 aromatic carbocycles. The van der Waals surface area contributed by atoms with Crippen molar-refractivity contribution in [2.24, 2.45) is 0 Å². The zero-order valence-electron chi connectivity index (χ0n) is 13.8. The van der Waals surface area contributed by atoms with Crippen LogP contribution in [0.15, 0.2) is 64.5 Å². The SMILES string of the molecule is O=C(Cc1csc(-c2cccc(Br)c2)n1)C[C@@H](C(=O)O)c1ccccc1. The molecular formula is C20H16BrNO3S. The second kappa shape index (κ2) is 8.38. The summed E-state index contributed by atoms with van der Waals surface area (Å²) in [5.74, 6) is -1.95. The number of rotatable bonds is 7. The first-order valence-corrected chi connectivity index (χ1v) is 9.70. The number of aromatic nitrogens is 1. The predicted octanol–water partition coefficient (Wildman–Crippen LogP) is 4.94. The van der Waals surface area contributed by atoms with Crippen LogP contribution < -0.4 is 0 Å². The first-order valence-electron chi connectivity index (χ1n) is 8.02. The van der Waals surface area contributed by atoms with E-state index in [1.54, 1.807) is 24.3 Å². The number of hydrogen-bond acceptors (Lipinski definition) is 4. The van der Waals surface area contributed by atoms with Gasteiger partial charge in [-0.15, -0.1) is 11.3 Å². The van der Waals surface area contributed by atoms with Gasteiger partial charge < -0.3 is 5.11 Å². The summed E-state index contributed by atoms with van der Waals surface area (Å²) in [5, 5.41) is 12.1. The minimum atomic E-state index is -0.988. The van der Waals surface area contributed by atoms with Gasteiger partial charge in [-0.2, -0.15) is 0 Å². The summed E-state index contributed by atoms with van der Waals surface area (Å²) in [6, 6.07) is 16.7. The third-order valence-corrected chi connectivity index (χ3v) is 5.37. The Morgan fingerprint density at radius 1 is 1.12 bits per heavy atom. The van der Waals surface area contributed by atoms with Crippen LogP contribution in [0.1, 0.15) is 23.6 Å². The Bertz CT molecular complexity index is 924. The normalized spacial score (nSPS) is 11.9. The van der Waals surface area contributed by atoms with Crippen LogP contribution in [-0.4, -0.2) is 21.8 Å². The van der Waals surface area contributed by atoms with E-state index >= 15 is 0 Å². The van der Waals surface area contributed by atoms with E-state index in [0.717, 1.165) is 15.0 Å². The van der Waals surface area contributed by atoms with Crippen LogP contribution in [0.3, 0.4) is 0 Å². The van der Waals surface area contributed by atoms with Crippen LogP contribution in [0.2, 0.25) is 0 Å². The molecule has 26 heavy (non-hydrogen) atoms. The Hall–Kier alpha value is -2.31. The Kier molecular flexibility index (Phi) is 5.96. The van der Waals surface area contributed by atoms with Crippen molar-refractivity contribution < 1.29 is 14.7 Å². The monoisotopic (exact) mass is 429 g/mol. The highest BCUT2D eigenvalue weighted by atomic mass is 79.9. The van der Waals surface area contributed by atoms with Crippen LogP contribution in [0.5, 0.6) is 0 Å². The molecule has 132 valence electrons. The van der Waals surface area contributed by atoms with Gasteiger partial charge in [-0.1, -0.05) is 58.4 Å². The standard InChI is InChI=1S/C20H16BrNO3S/c21-15-8-4-7-14(9-15)19-22-16(12-26-19)10-17(23)11-18(20(24)25)13-5-2-1-3-6-13/h1-9,12,18H,10-11H2,(H,24,25)/t18-/m1/s1. The molecule has 1 aromatic heterocycles. The zero-order valence-corrected chi connectivity index (χ0v) is 16.2. The number of aliphatic carboxylic acids is 1. The Morgan fingerprint density at radius 2 is 1.88 bits per heavy atom. The van der Waals surface area contributed by atoms with Crippen molar-refractivity contribution in [3.8, 4) is 10.6 Å². The number of hydrogen-bond donors (Lipinski definition) is 1. The number of carbonyl (C=O) groups is 2. The summed E-state index contributed by atoms with van der Waals surface area (Å²) in [5.41, 5.74) is 2.30. The Labute approximate surface area is 163 Å². The van der Waals surface area contributed by atoms with Crippen LogP contribution in [0.25, 0.3) is 10.6 Å². The maximum atomic E-state index is 12.4.